The number of benzene rings is 2. The fraction of sp³-hybridized carbons (Fsp3) is 0.348. The van der Waals surface area contributed by atoms with Gasteiger partial charge in [-0.05, 0) is 49.7 Å². The monoisotopic (exact) mass is 419 g/mol. The minimum absolute atomic E-state index is 0.374. The van der Waals surface area contributed by atoms with Gasteiger partial charge in [0.2, 0.25) is 0 Å². The molecule has 0 bridgehead atoms. The Hall–Kier alpha value is -2.77. The average molecular weight is 420 g/mol. The van der Waals surface area contributed by atoms with Crippen LogP contribution in [0.3, 0.4) is 0 Å². The van der Waals surface area contributed by atoms with Gasteiger partial charge in [-0.3, -0.25) is 9.47 Å². The van der Waals surface area contributed by atoms with Gasteiger partial charge in [-0.25, -0.2) is 9.67 Å². The first-order chi connectivity index (χ1) is 14.7. The van der Waals surface area contributed by atoms with Gasteiger partial charge in [0.05, 0.1) is 13.2 Å². The highest BCUT2D eigenvalue weighted by molar-refractivity contribution is 7.71. The molecule has 4 aromatic rings. The summed E-state index contributed by atoms with van der Waals surface area (Å²) in [4.78, 5) is 7.10. The van der Waals surface area contributed by atoms with Crippen molar-refractivity contribution in [1.29, 1.82) is 0 Å². The Morgan fingerprint density at radius 3 is 2.53 bits per heavy atom. The molecule has 0 spiro atoms. The Morgan fingerprint density at radius 2 is 1.77 bits per heavy atom. The number of hydrogen-bond acceptors (Lipinski definition) is 5. The van der Waals surface area contributed by atoms with E-state index in [1.54, 1.807) is 0 Å². The van der Waals surface area contributed by atoms with Crippen LogP contribution in [0.4, 0.5) is 0 Å². The van der Waals surface area contributed by atoms with Crippen molar-refractivity contribution >= 4 is 23.3 Å². The van der Waals surface area contributed by atoms with Crippen molar-refractivity contribution in [3.8, 4) is 0 Å². The van der Waals surface area contributed by atoms with Gasteiger partial charge in [-0.2, -0.15) is 5.10 Å². The third kappa shape index (κ3) is 3.82. The van der Waals surface area contributed by atoms with Crippen molar-refractivity contribution in [2.75, 3.05) is 13.1 Å². The minimum atomic E-state index is 0.374. The molecule has 6 nitrogen and oxygen atoms in total. The molecule has 5 rings (SSSR count). The lowest BCUT2D eigenvalue weighted by Gasteiger charge is -2.30. The van der Waals surface area contributed by atoms with Crippen LogP contribution in [0.25, 0.3) is 11.1 Å². The maximum atomic E-state index is 5.99. The Morgan fingerprint density at radius 1 is 1.03 bits per heavy atom. The number of aromatic nitrogens is 4. The van der Waals surface area contributed by atoms with Crippen molar-refractivity contribution in [2.45, 2.75) is 38.9 Å². The lowest BCUT2D eigenvalue weighted by atomic mass is 9.97. The molecule has 1 aliphatic rings. The standard InChI is InChI=1S/C23H25N5OS/c1-17-25-28(23(30)27(17)15-18-7-3-2-4-8-18)16-26-13-11-19(12-14-26)22-24-20-9-5-6-10-21(20)29-22/h2-10,19H,11-16H2,1H3. The van der Waals surface area contributed by atoms with E-state index in [0.717, 1.165) is 66.7 Å². The van der Waals surface area contributed by atoms with Crippen LogP contribution >= 0.6 is 12.2 Å². The summed E-state index contributed by atoms with van der Waals surface area (Å²) in [6.07, 6.45) is 2.06. The molecule has 0 amide bonds. The molecular weight excluding hydrogens is 394 g/mol. The van der Waals surface area contributed by atoms with E-state index in [0.29, 0.717) is 5.92 Å². The number of aryl methyl sites for hydroxylation is 1. The van der Waals surface area contributed by atoms with Crippen LogP contribution in [-0.2, 0) is 13.2 Å². The molecular formula is C23H25N5OS. The number of likely N-dealkylation sites (tertiary alicyclic amines) is 1. The lowest BCUT2D eigenvalue weighted by molar-refractivity contribution is 0.153. The van der Waals surface area contributed by atoms with Crippen molar-refractivity contribution in [1.82, 2.24) is 24.2 Å². The van der Waals surface area contributed by atoms with Gasteiger partial charge in [0.25, 0.3) is 0 Å². The zero-order chi connectivity index (χ0) is 20.5. The number of nitrogens with zero attached hydrogens (tertiary/aromatic N) is 5. The number of hydrogen-bond donors (Lipinski definition) is 0. The highest BCUT2D eigenvalue weighted by Gasteiger charge is 2.25. The van der Waals surface area contributed by atoms with Crippen LogP contribution < -0.4 is 0 Å². The second-order valence-electron chi connectivity index (χ2n) is 7.95. The van der Waals surface area contributed by atoms with Gasteiger partial charge in [0, 0.05) is 19.0 Å². The van der Waals surface area contributed by atoms with E-state index in [-0.39, 0.29) is 0 Å². The van der Waals surface area contributed by atoms with Gasteiger partial charge >= 0.3 is 0 Å². The molecule has 7 heteroatoms. The van der Waals surface area contributed by atoms with E-state index in [1.807, 2.05) is 41.9 Å². The fourth-order valence-corrected chi connectivity index (χ4v) is 4.46. The molecule has 0 aliphatic carbocycles. The third-order valence-corrected chi connectivity index (χ3v) is 6.30. The summed E-state index contributed by atoms with van der Waals surface area (Å²) in [7, 11) is 0. The summed E-state index contributed by atoms with van der Waals surface area (Å²) in [5, 5.41) is 4.71. The van der Waals surface area contributed by atoms with E-state index in [4.69, 9.17) is 26.7 Å². The zero-order valence-corrected chi connectivity index (χ0v) is 17.9. The zero-order valence-electron chi connectivity index (χ0n) is 17.1. The van der Waals surface area contributed by atoms with Crippen molar-refractivity contribution < 1.29 is 4.42 Å². The summed E-state index contributed by atoms with van der Waals surface area (Å²) in [6, 6.07) is 18.4. The number of oxazole rings is 1. The normalized spacial score (nSPS) is 15.8. The van der Waals surface area contributed by atoms with Crippen LogP contribution in [-0.4, -0.2) is 37.3 Å². The SMILES string of the molecule is Cc1nn(CN2CCC(c3nc4ccccc4o3)CC2)c(=S)n1Cc1ccccc1. The fourth-order valence-electron chi connectivity index (χ4n) is 4.16. The molecule has 1 fully saturated rings. The number of para-hydroxylation sites is 2. The van der Waals surface area contributed by atoms with E-state index in [2.05, 4.69) is 33.7 Å². The van der Waals surface area contributed by atoms with Crippen molar-refractivity contribution in [3.05, 3.63) is 76.6 Å². The molecule has 0 N–H and O–H groups in total. The molecule has 2 aromatic carbocycles. The first-order valence-corrected chi connectivity index (χ1v) is 10.8. The summed E-state index contributed by atoms with van der Waals surface area (Å²) in [6.45, 7) is 5.47. The predicted octanol–water partition coefficient (Wildman–Crippen LogP) is 4.75. The van der Waals surface area contributed by atoms with E-state index in [1.165, 1.54) is 5.56 Å². The molecule has 30 heavy (non-hydrogen) atoms. The van der Waals surface area contributed by atoms with Crippen LogP contribution in [0.2, 0.25) is 0 Å². The first kappa shape index (κ1) is 19.2. The topological polar surface area (TPSA) is 52.0 Å². The number of fused-ring (bicyclic) bond motifs is 1. The first-order valence-electron chi connectivity index (χ1n) is 10.4. The quantitative estimate of drug-likeness (QED) is 0.437. The highest BCUT2D eigenvalue weighted by atomic mass is 32.1. The molecule has 0 atom stereocenters. The summed E-state index contributed by atoms with van der Waals surface area (Å²) in [5.74, 6) is 2.19. The molecule has 0 saturated carbocycles. The smallest absolute Gasteiger partial charge is 0.199 e. The van der Waals surface area contributed by atoms with Gasteiger partial charge in [0.1, 0.15) is 11.3 Å². The maximum Gasteiger partial charge on any atom is 0.199 e. The summed E-state index contributed by atoms with van der Waals surface area (Å²) in [5.41, 5.74) is 3.05. The van der Waals surface area contributed by atoms with Crippen molar-refractivity contribution in [2.24, 2.45) is 0 Å². The average Bonchev–Trinajstić information content (AvgIpc) is 3.32. The molecule has 2 aromatic heterocycles. The molecule has 1 saturated heterocycles. The summed E-state index contributed by atoms with van der Waals surface area (Å²) >= 11 is 5.73. The second kappa shape index (κ2) is 8.16. The minimum Gasteiger partial charge on any atom is -0.440 e. The third-order valence-electron chi connectivity index (χ3n) is 5.87. The summed E-state index contributed by atoms with van der Waals surface area (Å²) < 4.78 is 10.8. The molecule has 0 radical (unpaired) electrons. The van der Waals surface area contributed by atoms with Crippen LogP contribution in [0.1, 0.15) is 36.0 Å². The lowest BCUT2D eigenvalue weighted by Crippen LogP contribution is -2.35. The largest absolute Gasteiger partial charge is 0.440 e. The highest BCUT2D eigenvalue weighted by Crippen LogP contribution is 2.30. The van der Waals surface area contributed by atoms with Gasteiger partial charge in [-0.1, -0.05) is 42.5 Å². The van der Waals surface area contributed by atoms with Gasteiger partial charge in [-0.15, -0.1) is 0 Å². The number of rotatable bonds is 5. The van der Waals surface area contributed by atoms with Crippen LogP contribution in [0.15, 0.2) is 59.0 Å². The van der Waals surface area contributed by atoms with E-state index < -0.39 is 0 Å². The molecule has 154 valence electrons. The Kier molecular flexibility index (Phi) is 5.23. The van der Waals surface area contributed by atoms with Gasteiger partial charge < -0.3 is 4.42 Å². The van der Waals surface area contributed by atoms with E-state index in [9.17, 15) is 0 Å². The van der Waals surface area contributed by atoms with Crippen LogP contribution in [0.5, 0.6) is 0 Å². The molecule has 3 heterocycles. The Balaban J connectivity index is 1.24. The maximum absolute atomic E-state index is 5.99. The van der Waals surface area contributed by atoms with Gasteiger partial charge in [0.15, 0.2) is 16.2 Å². The number of piperidine rings is 1. The predicted molar refractivity (Wildman–Crippen MR) is 119 cm³/mol. The Bertz CT molecular complexity index is 1170. The molecule has 1 aliphatic heterocycles. The second-order valence-corrected chi connectivity index (χ2v) is 8.32. The van der Waals surface area contributed by atoms with E-state index >= 15 is 0 Å². The molecule has 0 unspecified atom stereocenters. The Labute approximate surface area is 180 Å². The van der Waals surface area contributed by atoms with Crippen molar-refractivity contribution in [3.63, 3.8) is 0 Å². The van der Waals surface area contributed by atoms with Crippen LogP contribution in [0, 0.1) is 11.7 Å².